The number of anilines is 6. The quantitative estimate of drug-likeness (QED) is 0.150. The molecule has 10 aromatic rings. The van der Waals surface area contributed by atoms with Crippen molar-refractivity contribution in [2.45, 2.75) is 0 Å². The standard InChI is InChI=1S/C54H39N3Si/c1-4-15-38(16-5-1)39-27-32-45(33-28-39)55(49-26-14-18-41-17-10-11-23-47(41)49)46-34-29-40(30-35-46)42-31-36-51-52(37-42)58-53-48-24-12-13-25-50(48)56(43-19-6-2-7-20-43)54(53)57(51)44-21-8-3-9-22-44/h1-37H,58H2. The van der Waals surface area contributed by atoms with Gasteiger partial charge in [0.25, 0.3) is 0 Å². The topological polar surface area (TPSA) is 11.4 Å². The highest BCUT2D eigenvalue weighted by Gasteiger charge is 2.31. The second-order valence-corrected chi connectivity index (χ2v) is 16.8. The molecule has 9 aromatic carbocycles. The fourth-order valence-electron chi connectivity index (χ4n) is 8.88. The first-order valence-electron chi connectivity index (χ1n) is 20.0. The zero-order valence-electron chi connectivity index (χ0n) is 31.9. The largest absolute Gasteiger partial charge is 0.310 e. The minimum Gasteiger partial charge on any atom is -0.310 e. The number of nitrogens with zero attached hydrogens (tertiary/aromatic N) is 3. The average Bonchev–Trinajstić information content (AvgIpc) is 3.63. The summed E-state index contributed by atoms with van der Waals surface area (Å²) in [4.78, 5) is 4.88. The van der Waals surface area contributed by atoms with Crippen LogP contribution >= 0.6 is 0 Å². The summed E-state index contributed by atoms with van der Waals surface area (Å²) in [6, 6.07) is 81.7. The summed E-state index contributed by atoms with van der Waals surface area (Å²) in [5, 5.41) is 6.72. The van der Waals surface area contributed by atoms with Gasteiger partial charge in [-0.15, -0.1) is 0 Å². The number of para-hydroxylation sites is 3. The van der Waals surface area contributed by atoms with Crippen LogP contribution in [-0.4, -0.2) is 14.1 Å². The molecule has 1 aliphatic heterocycles. The molecule has 0 saturated heterocycles. The van der Waals surface area contributed by atoms with Crippen molar-refractivity contribution in [2.24, 2.45) is 0 Å². The highest BCUT2D eigenvalue weighted by atomic mass is 28.2. The van der Waals surface area contributed by atoms with Crippen molar-refractivity contribution in [1.29, 1.82) is 0 Å². The minimum absolute atomic E-state index is 0.868. The Hall–Kier alpha value is -7.40. The van der Waals surface area contributed by atoms with Gasteiger partial charge in [-0.05, 0) is 105 Å². The lowest BCUT2D eigenvalue weighted by Gasteiger charge is -2.33. The van der Waals surface area contributed by atoms with E-state index in [1.54, 1.807) is 0 Å². The van der Waals surface area contributed by atoms with Gasteiger partial charge in [-0.2, -0.15) is 0 Å². The monoisotopic (exact) mass is 757 g/mol. The lowest BCUT2D eigenvalue weighted by atomic mass is 10.0. The van der Waals surface area contributed by atoms with Crippen LogP contribution < -0.4 is 20.2 Å². The van der Waals surface area contributed by atoms with Crippen LogP contribution in [0.1, 0.15) is 0 Å². The Bertz CT molecular complexity index is 3060. The number of fused-ring (bicyclic) bond motifs is 5. The van der Waals surface area contributed by atoms with E-state index >= 15 is 0 Å². The molecule has 11 rings (SSSR count). The summed E-state index contributed by atoms with van der Waals surface area (Å²) in [6.45, 7) is 0. The van der Waals surface area contributed by atoms with Crippen molar-refractivity contribution in [1.82, 2.24) is 4.57 Å². The predicted octanol–water partition coefficient (Wildman–Crippen LogP) is 12.5. The third kappa shape index (κ3) is 5.81. The molecule has 4 heteroatoms. The number of benzene rings is 9. The molecular weight excluding hydrogens is 719 g/mol. The zero-order chi connectivity index (χ0) is 38.4. The summed E-state index contributed by atoms with van der Waals surface area (Å²) in [7, 11) is -0.868. The van der Waals surface area contributed by atoms with Crippen LogP contribution in [0.2, 0.25) is 0 Å². The minimum atomic E-state index is -0.868. The van der Waals surface area contributed by atoms with Crippen molar-refractivity contribution in [2.75, 3.05) is 9.80 Å². The van der Waals surface area contributed by atoms with E-state index in [4.69, 9.17) is 0 Å². The van der Waals surface area contributed by atoms with E-state index in [9.17, 15) is 0 Å². The Morgan fingerprint density at radius 3 is 1.64 bits per heavy atom. The molecule has 0 saturated carbocycles. The molecule has 1 aromatic heterocycles. The van der Waals surface area contributed by atoms with Crippen molar-refractivity contribution >= 4 is 75.8 Å². The maximum absolute atomic E-state index is 2.49. The Morgan fingerprint density at radius 1 is 0.397 bits per heavy atom. The van der Waals surface area contributed by atoms with Crippen LogP contribution in [0.4, 0.5) is 34.3 Å². The molecule has 0 spiro atoms. The van der Waals surface area contributed by atoms with Gasteiger partial charge in [-0.1, -0.05) is 158 Å². The number of aromatic nitrogens is 1. The van der Waals surface area contributed by atoms with Crippen LogP contribution in [0, 0.1) is 0 Å². The van der Waals surface area contributed by atoms with Crippen molar-refractivity contribution in [3.05, 3.63) is 224 Å². The van der Waals surface area contributed by atoms with E-state index < -0.39 is 9.52 Å². The normalized spacial score (nSPS) is 12.4. The van der Waals surface area contributed by atoms with Gasteiger partial charge < -0.3 is 4.90 Å². The summed E-state index contributed by atoms with van der Waals surface area (Å²) in [5.41, 5.74) is 13.1. The first kappa shape index (κ1) is 33.9. The van der Waals surface area contributed by atoms with Gasteiger partial charge in [0.1, 0.15) is 5.82 Å². The summed E-state index contributed by atoms with van der Waals surface area (Å²) in [5.74, 6) is 1.26. The van der Waals surface area contributed by atoms with Crippen molar-refractivity contribution < 1.29 is 0 Å². The van der Waals surface area contributed by atoms with E-state index in [0.29, 0.717) is 0 Å². The van der Waals surface area contributed by atoms with Crippen molar-refractivity contribution in [3.63, 3.8) is 0 Å². The second-order valence-electron chi connectivity index (χ2n) is 15.0. The zero-order valence-corrected chi connectivity index (χ0v) is 33.3. The molecular formula is C54H39N3Si. The SMILES string of the molecule is c1ccc(-c2ccc(N(c3ccc(-c4ccc5c(c4)[SiH2]c4c(n(-c6ccccc6)c6ccccc46)N5c4ccccc4)cc3)c3cccc4ccccc34)cc2)cc1. The van der Waals surface area contributed by atoms with E-state index in [1.165, 1.54) is 77.2 Å². The van der Waals surface area contributed by atoms with Gasteiger partial charge in [0.2, 0.25) is 0 Å². The summed E-state index contributed by atoms with van der Waals surface area (Å²) >= 11 is 0. The van der Waals surface area contributed by atoms with E-state index in [0.717, 1.165) is 17.1 Å². The van der Waals surface area contributed by atoms with Gasteiger partial charge in [0, 0.05) is 39.2 Å². The number of rotatable bonds is 7. The van der Waals surface area contributed by atoms with E-state index in [2.05, 4.69) is 239 Å². The number of hydrogen-bond donors (Lipinski definition) is 0. The van der Waals surface area contributed by atoms with E-state index in [-0.39, 0.29) is 0 Å². The van der Waals surface area contributed by atoms with Crippen LogP contribution in [0.25, 0.3) is 49.6 Å². The maximum atomic E-state index is 2.49. The van der Waals surface area contributed by atoms with Crippen LogP contribution in [0.15, 0.2) is 224 Å². The molecule has 0 fully saturated rings. The number of hydrogen-bond acceptors (Lipinski definition) is 2. The highest BCUT2D eigenvalue weighted by Crippen LogP contribution is 2.42. The fourth-order valence-corrected chi connectivity index (χ4v) is 11.0. The molecule has 0 N–H and O–H groups in total. The smallest absolute Gasteiger partial charge is 0.122 e. The van der Waals surface area contributed by atoms with E-state index in [1.807, 2.05) is 0 Å². The van der Waals surface area contributed by atoms with Gasteiger partial charge in [-0.3, -0.25) is 9.47 Å². The summed E-state index contributed by atoms with van der Waals surface area (Å²) < 4.78 is 2.47. The Labute approximate surface area is 341 Å². The molecule has 3 nitrogen and oxygen atoms in total. The van der Waals surface area contributed by atoms with Gasteiger partial charge >= 0.3 is 0 Å². The Morgan fingerprint density at radius 2 is 0.931 bits per heavy atom. The third-order valence-electron chi connectivity index (χ3n) is 11.6. The highest BCUT2D eigenvalue weighted by molar-refractivity contribution is 6.74. The van der Waals surface area contributed by atoms with Crippen LogP contribution in [0.3, 0.4) is 0 Å². The lowest BCUT2D eigenvalue weighted by Crippen LogP contribution is -2.40. The molecule has 0 bridgehead atoms. The maximum Gasteiger partial charge on any atom is 0.122 e. The average molecular weight is 758 g/mol. The molecule has 0 radical (unpaired) electrons. The van der Waals surface area contributed by atoms with Crippen LogP contribution in [0.5, 0.6) is 0 Å². The molecule has 1 aliphatic rings. The van der Waals surface area contributed by atoms with Crippen molar-refractivity contribution in [3.8, 4) is 27.9 Å². The molecule has 0 aliphatic carbocycles. The second kappa shape index (κ2) is 14.3. The third-order valence-corrected chi connectivity index (χ3v) is 13.6. The molecule has 0 atom stereocenters. The fraction of sp³-hybridized carbons (Fsp3) is 0. The first-order valence-corrected chi connectivity index (χ1v) is 21.4. The predicted molar refractivity (Wildman–Crippen MR) is 249 cm³/mol. The Balaban J connectivity index is 1.01. The molecule has 2 heterocycles. The molecule has 58 heavy (non-hydrogen) atoms. The Kier molecular flexibility index (Phi) is 8.34. The summed E-state index contributed by atoms with van der Waals surface area (Å²) in [6.07, 6.45) is 0. The molecule has 0 amide bonds. The van der Waals surface area contributed by atoms with Crippen LogP contribution in [-0.2, 0) is 0 Å². The van der Waals surface area contributed by atoms with Gasteiger partial charge in [0.15, 0.2) is 0 Å². The van der Waals surface area contributed by atoms with Gasteiger partial charge in [0.05, 0.1) is 20.7 Å². The lowest BCUT2D eigenvalue weighted by molar-refractivity contribution is 1.08. The first-order chi connectivity index (χ1) is 28.8. The molecule has 274 valence electrons. The van der Waals surface area contributed by atoms with Gasteiger partial charge in [-0.25, -0.2) is 0 Å². The molecule has 0 unspecified atom stereocenters.